The average Bonchev–Trinajstić information content (AvgIpc) is 2.71. The summed E-state index contributed by atoms with van der Waals surface area (Å²) in [5, 5.41) is 0. The summed E-state index contributed by atoms with van der Waals surface area (Å²) in [4.78, 5) is 0. The quantitative estimate of drug-likeness (QED) is 0.324. The Morgan fingerprint density at radius 1 is 0.536 bits per heavy atom. The van der Waals surface area contributed by atoms with Gasteiger partial charge in [0.25, 0.3) is 0 Å². The van der Waals surface area contributed by atoms with Gasteiger partial charge in [-0.3, -0.25) is 0 Å². The Balaban J connectivity index is 0.000000280. The Morgan fingerprint density at radius 2 is 0.893 bits per heavy atom. The largest absolute Gasteiger partial charge is 0.494 e. The van der Waals surface area contributed by atoms with Gasteiger partial charge >= 0.3 is 0 Å². The second kappa shape index (κ2) is 15.7. The standard InChI is InChI=1S/2C12H19NO/c2*1-2-3-4-5-10-14-12-8-6-11(13)7-9-12/h2*6-9H,2-5,10,13H2,1H3. The first-order valence-corrected chi connectivity index (χ1v) is 10.6. The van der Waals surface area contributed by atoms with Crippen molar-refractivity contribution >= 4 is 11.4 Å². The molecule has 0 saturated carbocycles. The van der Waals surface area contributed by atoms with Gasteiger partial charge < -0.3 is 20.9 Å². The number of nitrogen functional groups attached to an aromatic ring is 2. The van der Waals surface area contributed by atoms with Crippen LogP contribution in [0.25, 0.3) is 0 Å². The van der Waals surface area contributed by atoms with E-state index in [1.807, 2.05) is 48.5 Å². The van der Waals surface area contributed by atoms with E-state index in [1.165, 1.54) is 38.5 Å². The molecule has 4 N–H and O–H groups in total. The van der Waals surface area contributed by atoms with Gasteiger partial charge in [0, 0.05) is 11.4 Å². The Kier molecular flexibility index (Phi) is 13.3. The second-order valence-corrected chi connectivity index (χ2v) is 6.96. The summed E-state index contributed by atoms with van der Waals surface area (Å²) < 4.78 is 11.1. The lowest BCUT2D eigenvalue weighted by Gasteiger charge is -2.05. The van der Waals surface area contributed by atoms with E-state index in [9.17, 15) is 0 Å². The third kappa shape index (κ3) is 12.1. The number of benzene rings is 2. The van der Waals surface area contributed by atoms with Crippen LogP contribution in [-0.2, 0) is 0 Å². The SMILES string of the molecule is CCCCCCOc1ccc(N)cc1.CCCCCCOc1ccc(N)cc1. The maximum absolute atomic E-state index is 5.57. The zero-order valence-corrected chi connectivity index (χ0v) is 17.7. The van der Waals surface area contributed by atoms with Crippen LogP contribution in [0.3, 0.4) is 0 Å². The molecule has 0 aliphatic heterocycles. The van der Waals surface area contributed by atoms with Crippen LogP contribution >= 0.6 is 0 Å². The van der Waals surface area contributed by atoms with Gasteiger partial charge in [0.15, 0.2) is 0 Å². The number of anilines is 2. The zero-order valence-electron chi connectivity index (χ0n) is 17.7. The van der Waals surface area contributed by atoms with E-state index in [2.05, 4.69) is 13.8 Å². The predicted molar refractivity (Wildman–Crippen MR) is 121 cm³/mol. The fourth-order valence-corrected chi connectivity index (χ4v) is 2.57. The summed E-state index contributed by atoms with van der Waals surface area (Å²) >= 11 is 0. The molecule has 0 radical (unpaired) electrons. The summed E-state index contributed by atoms with van der Waals surface area (Å²) in [6.45, 7) is 6.04. The van der Waals surface area contributed by atoms with Gasteiger partial charge in [-0.15, -0.1) is 0 Å². The van der Waals surface area contributed by atoms with Gasteiger partial charge in [-0.2, -0.15) is 0 Å². The van der Waals surface area contributed by atoms with Crippen molar-refractivity contribution in [3.8, 4) is 11.5 Å². The Morgan fingerprint density at radius 3 is 1.21 bits per heavy atom. The number of unbranched alkanes of at least 4 members (excludes halogenated alkanes) is 6. The van der Waals surface area contributed by atoms with Crippen molar-refractivity contribution in [2.24, 2.45) is 0 Å². The molecule has 2 aromatic rings. The monoisotopic (exact) mass is 386 g/mol. The second-order valence-electron chi connectivity index (χ2n) is 6.96. The topological polar surface area (TPSA) is 70.5 Å². The molecule has 0 aromatic heterocycles. The third-order valence-corrected chi connectivity index (χ3v) is 4.29. The maximum Gasteiger partial charge on any atom is 0.119 e. The summed E-state index contributed by atoms with van der Waals surface area (Å²) in [5.41, 5.74) is 12.7. The molecule has 2 rings (SSSR count). The van der Waals surface area contributed by atoms with Gasteiger partial charge in [-0.25, -0.2) is 0 Å². The van der Waals surface area contributed by atoms with E-state index in [0.717, 1.165) is 48.9 Å². The molecule has 2 aromatic carbocycles. The van der Waals surface area contributed by atoms with E-state index in [1.54, 1.807) is 0 Å². The molecule has 4 nitrogen and oxygen atoms in total. The minimum absolute atomic E-state index is 0.781. The van der Waals surface area contributed by atoms with Crippen LogP contribution in [0.1, 0.15) is 65.2 Å². The molecule has 0 amide bonds. The number of rotatable bonds is 12. The van der Waals surface area contributed by atoms with E-state index >= 15 is 0 Å². The lowest BCUT2D eigenvalue weighted by Crippen LogP contribution is -1.97. The minimum Gasteiger partial charge on any atom is -0.494 e. The van der Waals surface area contributed by atoms with Crippen LogP contribution in [0.5, 0.6) is 11.5 Å². The summed E-state index contributed by atoms with van der Waals surface area (Å²) in [6, 6.07) is 15.1. The molecule has 0 heterocycles. The van der Waals surface area contributed by atoms with E-state index in [4.69, 9.17) is 20.9 Å². The average molecular weight is 387 g/mol. The molecule has 0 fully saturated rings. The van der Waals surface area contributed by atoms with Gasteiger partial charge in [0.1, 0.15) is 11.5 Å². The van der Waals surface area contributed by atoms with Gasteiger partial charge in [-0.05, 0) is 61.4 Å². The molecule has 0 aliphatic carbocycles. The normalized spacial score (nSPS) is 10.1. The van der Waals surface area contributed by atoms with Crippen LogP contribution < -0.4 is 20.9 Å². The smallest absolute Gasteiger partial charge is 0.119 e. The maximum atomic E-state index is 5.57. The van der Waals surface area contributed by atoms with Crippen molar-refractivity contribution in [1.82, 2.24) is 0 Å². The molecule has 4 heteroatoms. The van der Waals surface area contributed by atoms with Crippen LogP contribution in [0.15, 0.2) is 48.5 Å². The number of hydrogen-bond donors (Lipinski definition) is 2. The van der Waals surface area contributed by atoms with E-state index < -0.39 is 0 Å². The highest BCUT2D eigenvalue weighted by Gasteiger charge is 1.94. The van der Waals surface area contributed by atoms with Crippen LogP contribution in [0, 0.1) is 0 Å². The van der Waals surface area contributed by atoms with Gasteiger partial charge in [0.2, 0.25) is 0 Å². The first-order valence-electron chi connectivity index (χ1n) is 10.6. The van der Waals surface area contributed by atoms with Crippen molar-refractivity contribution in [3.63, 3.8) is 0 Å². The third-order valence-electron chi connectivity index (χ3n) is 4.29. The Hall–Kier alpha value is -2.36. The Labute approximate surface area is 171 Å². The van der Waals surface area contributed by atoms with Crippen molar-refractivity contribution in [1.29, 1.82) is 0 Å². The number of hydrogen-bond acceptors (Lipinski definition) is 4. The Bertz CT molecular complexity index is 542. The van der Waals surface area contributed by atoms with Crippen molar-refractivity contribution in [3.05, 3.63) is 48.5 Å². The minimum atomic E-state index is 0.781. The molecule has 156 valence electrons. The van der Waals surface area contributed by atoms with Crippen molar-refractivity contribution in [2.75, 3.05) is 24.7 Å². The fourth-order valence-electron chi connectivity index (χ4n) is 2.57. The molecule has 0 atom stereocenters. The van der Waals surface area contributed by atoms with Gasteiger partial charge in [0.05, 0.1) is 13.2 Å². The first kappa shape index (κ1) is 23.7. The highest BCUT2D eigenvalue weighted by Crippen LogP contribution is 2.14. The zero-order chi connectivity index (χ0) is 20.5. The molecule has 0 bridgehead atoms. The highest BCUT2D eigenvalue weighted by molar-refractivity contribution is 5.42. The van der Waals surface area contributed by atoms with Crippen molar-refractivity contribution in [2.45, 2.75) is 65.2 Å². The summed E-state index contributed by atoms with van der Waals surface area (Å²) in [6.07, 6.45) is 9.91. The molecule has 0 aliphatic rings. The fraction of sp³-hybridized carbons (Fsp3) is 0.500. The van der Waals surface area contributed by atoms with E-state index in [-0.39, 0.29) is 0 Å². The summed E-state index contributed by atoms with van der Waals surface area (Å²) in [7, 11) is 0. The number of ether oxygens (including phenoxy) is 2. The van der Waals surface area contributed by atoms with Gasteiger partial charge in [-0.1, -0.05) is 52.4 Å². The molecular formula is C24H38N2O2. The van der Waals surface area contributed by atoms with Crippen molar-refractivity contribution < 1.29 is 9.47 Å². The molecule has 0 spiro atoms. The molecule has 0 saturated heterocycles. The van der Waals surface area contributed by atoms with Crippen LogP contribution in [0.4, 0.5) is 11.4 Å². The molecule has 28 heavy (non-hydrogen) atoms. The highest BCUT2D eigenvalue weighted by atomic mass is 16.5. The predicted octanol–water partition coefficient (Wildman–Crippen LogP) is 6.46. The number of nitrogens with two attached hydrogens (primary N) is 2. The molecular weight excluding hydrogens is 348 g/mol. The first-order chi connectivity index (χ1) is 13.7. The van der Waals surface area contributed by atoms with Crippen LogP contribution in [-0.4, -0.2) is 13.2 Å². The lowest BCUT2D eigenvalue weighted by atomic mass is 10.2. The van der Waals surface area contributed by atoms with Crippen LogP contribution in [0.2, 0.25) is 0 Å². The lowest BCUT2D eigenvalue weighted by molar-refractivity contribution is 0.305. The summed E-state index contributed by atoms with van der Waals surface area (Å²) in [5.74, 6) is 1.83. The molecule has 0 unspecified atom stereocenters. The van der Waals surface area contributed by atoms with E-state index in [0.29, 0.717) is 0 Å².